The van der Waals surface area contributed by atoms with E-state index < -0.39 is 52.5 Å². The number of hydrogen-bond donors (Lipinski definition) is 2. The number of amides is 1. The number of benzene rings is 2. The molecule has 0 spiro atoms. The molecule has 2 aromatic carbocycles. The largest absolute Gasteiger partial charge is 0.372 e. The molecule has 1 aromatic heterocycles. The highest BCUT2D eigenvalue weighted by molar-refractivity contribution is 6.06. The van der Waals surface area contributed by atoms with E-state index in [9.17, 15) is 18.0 Å². The first-order valence-corrected chi connectivity index (χ1v) is 14.0. The first-order valence-electron chi connectivity index (χ1n) is 14.0. The maximum atomic E-state index is 16.6. The van der Waals surface area contributed by atoms with Gasteiger partial charge in [-0.1, -0.05) is 0 Å². The molecule has 0 aliphatic carbocycles. The number of ether oxygens (including phenoxy) is 1. The van der Waals surface area contributed by atoms with Crippen molar-refractivity contribution in [1.82, 2.24) is 20.2 Å². The highest BCUT2D eigenvalue weighted by atomic mass is 19.3. The van der Waals surface area contributed by atoms with Gasteiger partial charge in [-0.3, -0.25) is 4.79 Å². The SMILES string of the molecule is C[C@@H]1CN(c2nccc(-c3c(F)cc(C4NCCN(C)[C@H]4C)c(NC(=O)c4ccc(F)cc4C(F)F)c3F)n2)C[C@H](C)O1. The van der Waals surface area contributed by atoms with Crippen LogP contribution in [0.1, 0.15) is 54.7 Å². The summed E-state index contributed by atoms with van der Waals surface area (Å²) in [7, 11) is 1.86. The van der Waals surface area contributed by atoms with Crippen LogP contribution in [0.3, 0.4) is 0 Å². The number of nitrogens with zero attached hydrogens (tertiary/aromatic N) is 4. The van der Waals surface area contributed by atoms with Crippen molar-refractivity contribution in [3.63, 3.8) is 0 Å². The minimum Gasteiger partial charge on any atom is -0.372 e. The quantitative estimate of drug-likeness (QED) is 0.368. The molecule has 2 aliphatic rings. The predicted octanol–water partition coefficient (Wildman–Crippen LogP) is 5.33. The molecule has 0 saturated carbocycles. The van der Waals surface area contributed by atoms with Gasteiger partial charge in [0.1, 0.15) is 11.6 Å². The normalized spacial score (nSPS) is 23.1. The minimum atomic E-state index is -3.16. The summed E-state index contributed by atoms with van der Waals surface area (Å²) < 4.78 is 79.4. The number of rotatable bonds is 6. The summed E-state index contributed by atoms with van der Waals surface area (Å²) in [5.74, 6) is -3.83. The number of aromatic nitrogens is 2. The van der Waals surface area contributed by atoms with Crippen LogP contribution in [0.2, 0.25) is 0 Å². The molecule has 4 atom stereocenters. The fourth-order valence-electron chi connectivity index (χ4n) is 5.72. The first kappa shape index (κ1) is 30.8. The molecular weight excluding hydrogens is 571 g/mol. The number of nitrogens with one attached hydrogen (secondary N) is 2. The third kappa shape index (κ3) is 6.34. The average Bonchev–Trinajstić information content (AvgIpc) is 2.95. The van der Waals surface area contributed by atoms with Gasteiger partial charge in [0.2, 0.25) is 5.95 Å². The van der Waals surface area contributed by atoms with E-state index in [2.05, 4.69) is 20.6 Å². The van der Waals surface area contributed by atoms with E-state index in [0.717, 1.165) is 18.2 Å². The molecule has 2 aliphatic heterocycles. The fraction of sp³-hybridized carbons (Fsp3) is 0.433. The van der Waals surface area contributed by atoms with Gasteiger partial charge in [0.25, 0.3) is 12.3 Å². The maximum absolute atomic E-state index is 16.6. The number of piperazine rings is 1. The van der Waals surface area contributed by atoms with Crippen molar-refractivity contribution in [2.75, 3.05) is 43.4 Å². The van der Waals surface area contributed by atoms with Gasteiger partial charge in [0.15, 0.2) is 5.82 Å². The highest BCUT2D eigenvalue weighted by Gasteiger charge is 2.33. The zero-order valence-electron chi connectivity index (χ0n) is 24.2. The van der Waals surface area contributed by atoms with E-state index >= 15 is 8.78 Å². The number of halogens is 5. The van der Waals surface area contributed by atoms with Crippen LogP contribution in [0.5, 0.6) is 0 Å². The monoisotopic (exact) mass is 604 g/mol. The van der Waals surface area contributed by atoms with Gasteiger partial charge in [-0.2, -0.15) is 0 Å². The second-order valence-electron chi connectivity index (χ2n) is 11.1. The van der Waals surface area contributed by atoms with Crippen molar-refractivity contribution in [2.45, 2.75) is 51.5 Å². The first-order chi connectivity index (χ1) is 20.4. The number of likely N-dealkylation sites (N-methyl/N-ethyl adjacent to an activating group) is 1. The molecule has 230 valence electrons. The Kier molecular flexibility index (Phi) is 8.95. The molecule has 3 heterocycles. The van der Waals surface area contributed by atoms with Gasteiger partial charge in [0.05, 0.1) is 29.2 Å². The van der Waals surface area contributed by atoms with E-state index in [1.807, 2.05) is 37.6 Å². The smallest absolute Gasteiger partial charge is 0.264 e. The summed E-state index contributed by atoms with van der Waals surface area (Å²) >= 11 is 0. The van der Waals surface area contributed by atoms with Crippen LogP contribution in [-0.2, 0) is 4.74 Å². The topological polar surface area (TPSA) is 82.6 Å². The molecule has 0 bridgehead atoms. The number of anilines is 2. The molecule has 1 unspecified atom stereocenters. The zero-order valence-corrected chi connectivity index (χ0v) is 24.2. The summed E-state index contributed by atoms with van der Waals surface area (Å²) in [5, 5.41) is 5.64. The van der Waals surface area contributed by atoms with Crippen molar-refractivity contribution in [3.8, 4) is 11.3 Å². The van der Waals surface area contributed by atoms with Crippen LogP contribution in [-0.4, -0.2) is 72.3 Å². The number of alkyl halides is 2. The van der Waals surface area contributed by atoms with Gasteiger partial charge >= 0.3 is 0 Å². The Labute approximate surface area is 246 Å². The number of carbonyl (C=O) groups is 1. The van der Waals surface area contributed by atoms with E-state index in [-0.39, 0.29) is 41.1 Å². The predicted molar refractivity (Wildman–Crippen MR) is 152 cm³/mol. The molecular formula is C30H33F5N6O2. The van der Waals surface area contributed by atoms with Gasteiger partial charge in [-0.25, -0.2) is 31.9 Å². The Morgan fingerprint density at radius 1 is 1.09 bits per heavy atom. The van der Waals surface area contributed by atoms with Crippen molar-refractivity contribution in [3.05, 3.63) is 70.7 Å². The second-order valence-corrected chi connectivity index (χ2v) is 11.1. The third-order valence-corrected chi connectivity index (χ3v) is 7.92. The summed E-state index contributed by atoms with van der Waals surface area (Å²) in [6.45, 7) is 7.79. The molecule has 0 radical (unpaired) electrons. The highest BCUT2D eigenvalue weighted by Crippen LogP contribution is 2.38. The Morgan fingerprint density at radius 2 is 1.81 bits per heavy atom. The maximum Gasteiger partial charge on any atom is 0.264 e. The van der Waals surface area contributed by atoms with Gasteiger partial charge in [0, 0.05) is 61.1 Å². The molecule has 5 rings (SSSR count). The standard InChI is InChI=1S/C30H33F5N6O2/c1-15-13-41(14-16(2)43-15)30-37-8-7-23(38-30)24-22(32)12-21(26-17(3)40(4)10-9-36-26)27(25(24)33)39-29(42)19-6-5-18(31)11-20(19)28(34)35/h5-8,11-12,15-17,26,28,36H,9-10,13-14H2,1-4H3,(H,39,42)/t15-,16+,17-,26?/m0/s1. The lowest BCUT2D eigenvalue weighted by Gasteiger charge is -2.39. The number of morpholine rings is 1. The number of carbonyl (C=O) groups excluding carboxylic acids is 1. The summed E-state index contributed by atoms with van der Waals surface area (Å²) in [6.07, 6.45) is -2.00. The third-order valence-electron chi connectivity index (χ3n) is 7.92. The van der Waals surface area contributed by atoms with Crippen LogP contribution in [0.4, 0.5) is 33.6 Å². The van der Waals surface area contributed by atoms with Crippen molar-refractivity contribution in [1.29, 1.82) is 0 Å². The molecule has 2 N–H and O–H groups in total. The van der Waals surface area contributed by atoms with E-state index in [0.29, 0.717) is 32.2 Å². The molecule has 1 amide bonds. The minimum absolute atomic E-state index is 0.0642. The zero-order chi connectivity index (χ0) is 31.0. The summed E-state index contributed by atoms with van der Waals surface area (Å²) in [5.41, 5.74) is -2.25. The average molecular weight is 605 g/mol. The second kappa shape index (κ2) is 12.5. The lowest BCUT2D eigenvalue weighted by Crippen LogP contribution is -2.50. The van der Waals surface area contributed by atoms with E-state index in [4.69, 9.17) is 4.74 Å². The summed E-state index contributed by atoms with van der Waals surface area (Å²) in [4.78, 5) is 25.9. The summed E-state index contributed by atoms with van der Waals surface area (Å²) in [6, 6.07) is 3.95. The Morgan fingerprint density at radius 3 is 2.51 bits per heavy atom. The Bertz CT molecular complexity index is 1500. The van der Waals surface area contributed by atoms with Crippen LogP contribution < -0.4 is 15.5 Å². The van der Waals surface area contributed by atoms with Gasteiger partial charge in [-0.05, 0) is 58.2 Å². The van der Waals surface area contributed by atoms with Crippen molar-refractivity contribution >= 4 is 17.5 Å². The van der Waals surface area contributed by atoms with Crippen LogP contribution in [0, 0.1) is 17.5 Å². The van der Waals surface area contributed by atoms with Crippen LogP contribution >= 0.6 is 0 Å². The van der Waals surface area contributed by atoms with Gasteiger partial charge < -0.3 is 25.2 Å². The molecule has 13 heteroatoms. The van der Waals surface area contributed by atoms with E-state index in [1.165, 1.54) is 12.3 Å². The molecule has 3 aromatic rings. The molecule has 2 saturated heterocycles. The van der Waals surface area contributed by atoms with Crippen molar-refractivity contribution < 1.29 is 31.5 Å². The Balaban J connectivity index is 1.61. The number of hydrogen-bond acceptors (Lipinski definition) is 7. The van der Waals surface area contributed by atoms with Crippen molar-refractivity contribution in [2.24, 2.45) is 0 Å². The van der Waals surface area contributed by atoms with Gasteiger partial charge in [-0.15, -0.1) is 0 Å². The molecule has 43 heavy (non-hydrogen) atoms. The lowest BCUT2D eigenvalue weighted by molar-refractivity contribution is -0.00572. The van der Waals surface area contributed by atoms with Crippen LogP contribution in [0.25, 0.3) is 11.3 Å². The lowest BCUT2D eigenvalue weighted by atomic mass is 9.93. The molecule has 8 nitrogen and oxygen atoms in total. The van der Waals surface area contributed by atoms with Crippen LogP contribution in [0.15, 0.2) is 36.5 Å². The molecule has 2 fully saturated rings. The Hall–Kier alpha value is -3.68. The fourth-order valence-corrected chi connectivity index (χ4v) is 5.72. The van der Waals surface area contributed by atoms with E-state index in [1.54, 1.807) is 0 Å².